The first kappa shape index (κ1) is 17.7. The molecule has 1 aliphatic carbocycles. The largest absolute Gasteiger partial charge is 0.451 e. The van der Waals surface area contributed by atoms with Crippen LogP contribution in [0.25, 0.3) is 22.2 Å². The van der Waals surface area contributed by atoms with E-state index in [2.05, 4.69) is 27.8 Å². The van der Waals surface area contributed by atoms with Gasteiger partial charge in [0.1, 0.15) is 5.58 Å². The smallest absolute Gasteiger partial charge is 0.292 e. The van der Waals surface area contributed by atoms with Crippen molar-refractivity contribution in [3.05, 3.63) is 64.4 Å². The molecule has 4 aromatic rings. The first-order chi connectivity index (χ1) is 14.1. The number of nitrogens with one attached hydrogen (secondary N) is 1. The Balaban J connectivity index is 1.46. The zero-order valence-electron chi connectivity index (χ0n) is 16.4. The van der Waals surface area contributed by atoms with Crippen molar-refractivity contribution in [1.29, 1.82) is 0 Å². The summed E-state index contributed by atoms with van der Waals surface area (Å²) in [5.41, 5.74) is 6.73. The Morgan fingerprint density at radius 1 is 1.00 bits per heavy atom. The Morgan fingerprint density at radius 3 is 2.69 bits per heavy atom. The molecule has 6 heteroatoms. The molecule has 6 nitrogen and oxygen atoms in total. The van der Waals surface area contributed by atoms with Crippen LogP contribution in [-0.2, 0) is 12.8 Å². The summed E-state index contributed by atoms with van der Waals surface area (Å²) in [7, 11) is 0. The Kier molecular flexibility index (Phi) is 4.19. The summed E-state index contributed by atoms with van der Waals surface area (Å²) in [5, 5.41) is 11.7. The minimum Gasteiger partial charge on any atom is -0.451 e. The van der Waals surface area contributed by atoms with E-state index in [-0.39, 0.29) is 11.7 Å². The summed E-state index contributed by atoms with van der Waals surface area (Å²) in [6.07, 6.45) is 4.60. The van der Waals surface area contributed by atoms with E-state index < -0.39 is 0 Å². The van der Waals surface area contributed by atoms with Gasteiger partial charge in [-0.05, 0) is 79.2 Å². The number of nitrogens with zero attached hydrogens (tertiary/aromatic N) is 2. The predicted octanol–water partition coefficient (Wildman–Crippen LogP) is 5.23. The summed E-state index contributed by atoms with van der Waals surface area (Å²) >= 11 is 0. The first-order valence-electron chi connectivity index (χ1n) is 9.86. The summed E-state index contributed by atoms with van der Waals surface area (Å²) < 4.78 is 10.7. The van der Waals surface area contributed by atoms with Crippen LogP contribution in [-0.4, -0.2) is 16.2 Å². The van der Waals surface area contributed by atoms with Crippen molar-refractivity contribution in [3.63, 3.8) is 0 Å². The number of furan rings is 1. The van der Waals surface area contributed by atoms with Crippen LogP contribution >= 0.6 is 0 Å². The van der Waals surface area contributed by atoms with Crippen molar-refractivity contribution >= 4 is 22.7 Å². The van der Waals surface area contributed by atoms with E-state index in [9.17, 15) is 4.79 Å². The Hall–Kier alpha value is -3.41. The third-order valence-electron chi connectivity index (χ3n) is 5.64. The molecule has 0 unspecified atom stereocenters. The van der Waals surface area contributed by atoms with Gasteiger partial charge in [-0.25, -0.2) is 4.63 Å². The standard InChI is InChI=1S/C23H21N3O3/c1-13-7-10-19-18(11-13)14(2)21(28-19)23(27)24-22-20(25-29-26-22)17-9-8-15-5-3-4-6-16(15)12-17/h7-12H,3-6H2,1-2H3,(H,24,26,27). The van der Waals surface area contributed by atoms with Gasteiger partial charge in [-0.15, -0.1) is 0 Å². The number of aromatic nitrogens is 2. The number of anilines is 1. The lowest BCUT2D eigenvalue weighted by Gasteiger charge is -2.16. The highest BCUT2D eigenvalue weighted by Gasteiger charge is 2.22. The van der Waals surface area contributed by atoms with Gasteiger partial charge < -0.3 is 4.42 Å². The van der Waals surface area contributed by atoms with Crippen molar-refractivity contribution in [3.8, 4) is 11.3 Å². The number of hydrogen-bond acceptors (Lipinski definition) is 5. The van der Waals surface area contributed by atoms with Gasteiger partial charge in [0.05, 0.1) is 0 Å². The number of amides is 1. The molecule has 146 valence electrons. The molecule has 1 amide bonds. The summed E-state index contributed by atoms with van der Waals surface area (Å²) in [6, 6.07) is 12.1. The lowest BCUT2D eigenvalue weighted by Crippen LogP contribution is -2.13. The maximum Gasteiger partial charge on any atom is 0.292 e. The topological polar surface area (TPSA) is 81.2 Å². The number of benzene rings is 2. The third kappa shape index (κ3) is 3.10. The summed E-state index contributed by atoms with van der Waals surface area (Å²) in [4.78, 5) is 12.9. The van der Waals surface area contributed by atoms with Crippen LogP contribution in [0.5, 0.6) is 0 Å². The lowest BCUT2D eigenvalue weighted by atomic mass is 9.90. The number of carbonyl (C=O) groups is 1. The molecule has 1 aliphatic rings. The number of hydrogen-bond donors (Lipinski definition) is 1. The van der Waals surface area contributed by atoms with E-state index in [0.29, 0.717) is 17.1 Å². The predicted molar refractivity (Wildman–Crippen MR) is 110 cm³/mol. The second kappa shape index (κ2) is 6.88. The fourth-order valence-electron chi connectivity index (χ4n) is 4.06. The van der Waals surface area contributed by atoms with Crippen LogP contribution in [0, 0.1) is 13.8 Å². The van der Waals surface area contributed by atoms with Crippen LogP contribution in [0.1, 0.15) is 45.7 Å². The Labute approximate surface area is 167 Å². The number of aryl methyl sites for hydroxylation is 4. The molecule has 0 spiro atoms. The number of carbonyl (C=O) groups excluding carboxylic acids is 1. The summed E-state index contributed by atoms with van der Waals surface area (Å²) in [6.45, 7) is 3.89. The molecule has 2 heterocycles. The van der Waals surface area contributed by atoms with Gasteiger partial charge in [0.2, 0.25) is 5.82 Å². The number of fused-ring (bicyclic) bond motifs is 2. The Bertz CT molecular complexity index is 1240. The average Bonchev–Trinajstić information content (AvgIpc) is 3.32. The molecule has 0 saturated carbocycles. The van der Waals surface area contributed by atoms with Crippen molar-refractivity contribution in [2.24, 2.45) is 0 Å². The minimum absolute atomic E-state index is 0.269. The fraction of sp³-hybridized carbons (Fsp3) is 0.261. The lowest BCUT2D eigenvalue weighted by molar-refractivity contribution is 0.0997. The van der Waals surface area contributed by atoms with Gasteiger partial charge in [0, 0.05) is 16.5 Å². The minimum atomic E-state index is -0.369. The van der Waals surface area contributed by atoms with E-state index in [1.165, 1.54) is 24.0 Å². The molecule has 0 saturated heterocycles. The molecule has 5 rings (SSSR count). The van der Waals surface area contributed by atoms with Gasteiger partial charge in [0.25, 0.3) is 5.91 Å². The van der Waals surface area contributed by atoms with Gasteiger partial charge in [-0.2, -0.15) is 0 Å². The summed E-state index contributed by atoms with van der Waals surface area (Å²) in [5.74, 6) is 0.193. The van der Waals surface area contributed by atoms with Crippen LogP contribution < -0.4 is 5.32 Å². The molecule has 0 aliphatic heterocycles. The van der Waals surface area contributed by atoms with Crippen molar-refractivity contribution in [1.82, 2.24) is 10.3 Å². The Morgan fingerprint density at radius 2 is 1.83 bits per heavy atom. The second-order valence-corrected chi connectivity index (χ2v) is 7.66. The molecule has 0 fully saturated rings. The van der Waals surface area contributed by atoms with E-state index in [4.69, 9.17) is 9.05 Å². The van der Waals surface area contributed by atoms with Crippen LogP contribution in [0.4, 0.5) is 5.82 Å². The maximum absolute atomic E-state index is 12.9. The van der Waals surface area contributed by atoms with Crippen molar-refractivity contribution in [2.75, 3.05) is 5.32 Å². The molecular weight excluding hydrogens is 366 g/mol. The highest BCUT2D eigenvalue weighted by atomic mass is 16.6. The van der Waals surface area contributed by atoms with Crippen LogP contribution in [0.2, 0.25) is 0 Å². The highest BCUT2D eigenvalue weighted by Crippen LogP contribution is 2.31. The van der Waals surface area contributed by atoms with Gasteiger partial charge >= 0.3 is 0 Å². The van der Waals surface area contributed by atoms with Crippen LogP contribution in [0.15, 0.2) is 45.4 Å². The molecule has 1 N–H and O–H groups in total. The van der Waals surface area contributed by atoms with E-state index in [1.807, 2.05) is 38.1 Å². The van der Waals surface area contributed by atoms with E-state index >= 15 is 0 Å². The molecular formula is C23H21N3O3. The molecule has 2 aromatic heterocycles. The van der Waals surface area contributed by atoms with Crippen molar-refractivity contribution in [2.45, 2.75) is 39.5 Å². The third-order valence-corrected chi connectivity index (χ3v) is 5.64. The molecule has 0 radical (unpaired) electrons. The monoisotopic (exact) mass is 387 g/mol. The number of rotatable bonds is 3. The maximum atomic E-state index is 12.9. The second-order valence-electron chi connectivity index (χ2n) is 7.66. The zero-order chi connectivity index (χ0) is 20.0. The fourth-order valence-corrected chi connectivity index (χ4v) is 4.06. The first-order valence-corrected chi connectivity index (χ1v) is 9.86. The molecule has 29 heavy (non-hydrogen) atoms. The van der Waals surface area contributed by atoms with E-state index in [0.717, 1.165) is 34.9 Å². The highest BCUT2D eigenvalue weighted by molar-refractivity contribution is 6.07. The van der Waals surface area contributed by atoms with Gasteiger partial charge in [0.15, 0.2) is 11.5 Å². The zero-order valence-corrected chi connectivity index (χ0v) is 16.4. The van der Waals surface area contributed by atoms with E-state index in [1.54, 1.807) is 0 Å². The average molecular weight is 387 g/mol. The molecule has 0 atom stereocenters. The van der Waals surface area contributed by atoms with Gasteiger partial charge in [-0.1, -0.05) is 23.8 Å². The van der Waals surface area contributed by atoms with Gasteiger partial charge in [-0.3, -0.25) is 10.1 Å². The SMILES string of the molecule is Cc1ccc2oc(C(=O)Nc3nonc3-c3ccc4c(c3)CCCC4)c(C)c2c1. The normalized spacial score (nSPS) is 13.4. The van der Waals surface area contributed by atoms with Crippen molar-refractivity contribution < 1.29 is 13.8 Å². The molecule has 2 aromatic carbocycles. The molecule has 0 bridgehead atoms. The van der Waals surface area contributed by atoms with Crippen LogP contribution in [0.3, 0.4) is 0 Å². The quantitative estimate of drug-likeness (QED) is 0.520.